The van der Waals surface area contributed by atoms with E-state index in [1.54, 1.807) is 43.1 Å². The molecule has 0 spiro atoms. The van der Waals surface area contributed by atoms with Crippen LogP contribution in [0.1, 0.15) is 0 Å². The van der Waals surface area contributed by atoms with E-state index < -0.39 is 0 Å². The zero-order chi connectivity index (χ0) is 13.4. The Labute approximate surface area is 107 Å². The van der Waals surface area contributed by atoms with E-state index in [2.05, 4.69) is 10.4 Å². The van der Waals surface area contributed by atoms with Gasteiger partial charge in [-0.25, -0.2) is 4.79 Å². The number of rotatable bonds is 7. The lowest BCUT2D eigenvalue weighted by molar-refractivity contribution is 0.127. The fraction of sp³-hybridized carbons (Fsp3) is 0.636. The summed E-state index contributed by atoms with van der Waals surface area (Å²) in [4.78, 5) is 13.7. The third-order valence-corrected chi connectivity index (χ3v) is 2.47. The molecule has 0 fully saturated rings. The predicted molar refractivity (Wildman–Crippen MR) is 67.6 cm³/mol. The molecular weight excluding hydrogens is 236 g/mol. The minimum atomic E-state index is -0.187. The second kappa shape index (κ2) is 7.67. The SMILES string of the molecule is COCCN(CCOC)C(=O)Nc1ccnn1C. The van der Waals surface area contributed by atoms with Gasteiger partial charge in [-0.15, -0.1) is 0 Å². The highest BCUT2D eigenvalue weighted by molar-refractivity contribution is 5.88. The van der Waals surface area contributed by atoms with E-state index in [4.69, 9.17) is 9.47 Å². The molecule has 0 aliphatic heterocycles. The van der Waals surface area contributed by atoms with Gasteiger partial charge in [0.05, 0.1) is 19.4 Å². The Bertz CT molecular complexity index is 359. The van der Waals surface area contributed by atoms with Crippen LogP contribution in [-0.2, 0) is 16.5 Å². The van der Waals surface area contributed by atoms with Crippen LogP contribution >= 0.6 is 0 Å². The van der Waals surface area contributed by atoms with E-state index in [9.17, 15) is 4.79 Å². The summed E-state index contributed by atoms with van der Waals surface area (Å²) in [7, 11) is 4.98. The largest absolute Gasteiger partial charge is 0.383 e. The van der Waals surface area contributed by atoms with Crippen molar-refractivity contribution in [3.63, 3.8) is 0 Å². The number of aromatic nitrogens is 2. The highest BCUT2D eigenvalue weighted by atomic mass is 16.5. The molecule has 0 saturated heterocycles. The van der Waals surface area contributed by atoms with Crippen LogP contribution in [0.5, 0.6) is 0 Å². The van der Waals surface area contributed by atoms with Crippen molar-refractivity contribution in [2.45, 2.75) is 0 Å². The van der Waals surface area contributed by atoms with Crippen molar-refractivity contribution in [1.29, 1.82) is 0 Å². The minimum absolute atomic E-state index is 0.187. The lowest BCUT2D eigenvalue weighted by Gasteiger charge is -2.22. The molecule has 0 atom stereocenters. The number of methoxy groups -OCH3 is 2. The molecule has 7 heteroatoms. The van der Waals surface area contributed by atoms with Crippen LogP contribution in [0.15, 0.2) is 12.3 Å². The van der Waals surface area contributed by atoms with Gasteiger partial charge < -0.3 is 14.4 Å². The zero-order valence-electron chi connectivity index (χ0n) is 11.0. The van der Waals surface area contributed by atoms with Crippen molar-refractivity contribution >= 4 is 11.8 Å². The molecule has 0 bridgehead atoms. The zero-order valence-corrected chi connectivity index (χ0v) is 11.0. The highest BCUT2D eigenvalue weighted by Crippen LogP contribution is 2.05. The van der Waals surface area contributed by atoms with E-state index in [1.807, 2.05) is 0 Å². The van der Waals surface area contributed by atoms with Gasteiger partial charge in [0.1, 0.15) is 5.82 Å². The summed E-state index contributed by atoms with van der Waals surface area (Å²) >= 11 is 0. The van der Waals surface area contributed by atoms with Gasteiger partial charge in [0.25, 0.3) is 0 Å². The van der Waals surface area contributed by atoms with Crippen molar-refractivity contribution in [2.75, 3.05) is 45.8 Å². The van der Waals surface area contributed by atoms with Crippen LogP contribution in [0.4, 0.5) is 10.6 Å². The summed E-state index contributed by atoms with van der Waals surface area (Å²) in [5.74, 6) is 0.653. The Balaban J connectivity index is 2.55. The van der Waals surface area contributed by atoms with Crippen LogP contribution in [0.2, 0.25) is 0 Å². The van der Waals surface area contributed by atoms with E-state index in [0.717, 1.165) is 0 Å². The Hall–Kier alpha value is -1.60. The highest BCUT2D eigenvalue weighted by Gasteiger charge is 2.14. The number of amides is 2. The van der Waals surface area contributed by atoms with E-state index in [-0.39, 0.29) is 6.03 Å². The van der Waals surface area contributed by atoms with Gasteiger partial charge in [-0.1, -0.05) is 0 Å². The monoisotopic (exact) mass is 256 g/mol. The maximum Gasteiger partial charge on any atom is 0.323 e. The molecule has 1 heterocycles. The van der Waals surface area contributed by atoms with Gasteiger partial charge in [0, 0.05) is 40.4 Å². The molecule has 0 saturated carbocycles. The molecule has 102 valence electrons. The predicted octanol–water partition coefficient (Wildman–Crippen LogP) is 0.547. The van der Waals surface area contributed by atoms with Crippen molar-refractivity contribution in [3.05, 3.63) is 12.3 Å². The molecule has 1 aromatic heterocycles. The summed E-state index contributed by atoms with van der Waals surface area (Å²) < 4.78 is 11.6. The number of ether oxygens (including phenoxy) is 2. The molecular formula is C11H20N4O3. The number of nitrogens with one attached hydrogen (secondary N) is 1. The van der Waals surface area contributed by atoms with Gasteiger partial charge in [0.15, 0.2) is 0 Å². The van der Waals surface area contributed by atoms with Crippen molar-refractivity contribution in [2.24, 2.45) is 7.05 Å². The number of nitrogens with zero attached hydrogens (tertiary/aromatic N) is 3. The minimum Gasteiger partial charge on any atom is -0.383 e. The normalized spacial score (nSPS) is 10.4. The number of carbonyl (C=O) groups excluding carboxylic acids is 1. The van der Waals surface area contributed by atoms with Crippen LogP contribution in [0.25, 0.3) is 0 Å². The lowest BCUT2D eigenvalue weighted by atomic mass is 10.5. The molecule has 7 nitrogen and oxygen atoms in total. The van der Waals surface area contributed by atoms with Gasteiger partial charge in [0.2, 0.25) is 0 Å². The van der Waals surface area contributed by atoms with Crippen molar-refractivity contribution < 1.29 is 14.3 Å². The average molecular weight is 256 g/mol. The first-order chi connectivity index (χ1) is 8.69. The number of hydrogen-bond donors (Lipinski definition) is 1. The average Bonchev–Trinajstić information content (AvgIpc) is 2.75. The van der Waals surface area contributed by atoms with E-state index in [0.29, 0.717) is 32.1 Å². The Kier molecular flexibility index (Phi) is 6.16. The lowest BCUT2D eigenvalue weighted by Crippen LogP contribution is -2.39. The van der Waals surface area contributed by atoms with Crippen LogP contribution in [0.3, 0.4) is 0 Å². The molecule has 18 heavy (non-hydrogen) atoms. The first-order valence-corrected chi connectivity index (χ1v) is 5.71. The number of aryl methyl sites for hydroxylation is 1. The van der Waals surface area contributed by atoms with Crippen LogP contribution < -0.4 is 5.32 Å². The quantitative estimate of drug-likeness (QED) is 0.773. The van der Waals surface area contributed by atoms with Crippen molar-refractivity contribution in [3.8, 4) is 0 Å². The molecule has 0 unspecified atom stereocenters. The molecule has 2 amide bonds. The Morgan fingerprint density at radius 3 is 2.44 bits per heavy atom. The number of carbonyl (C=O) groups is 1. The summed E-state index contributed by atoms with van der Waals surface area (Å²) in [6, 6.07) is 1.55. The van der Waals surface area contributed by atoms with Gasteiger partial charge in [-0.2, -0.15) is 5.10 Å². The number of urea groups is 1. The maximum atomic E-state index is 12.0. The number of anilines is 1. The molecule has 1 rings (SSSR count). The second-order valence-corrected chi connectivity index (χ2v) is 3.74. The third kappa shape index (κ3) is 4.34. The number of hydrogen-bond acceptors (Lipinski definition) is 4. The second-order valence-electron chi connectivity index (χ2n) is 3.74. The molecule has 0 radical (unpaired) electrons. The van der Waals surface area contributed by atoms with Crippen LogP contribution in [0, 0.1) is 0 Å². The van der Waals surface area contributed by atoms with E-state index >= 15 is 0 Å². The molecule has 0 aliphatic rings. The summed E-state index contributed by atoms with van der Waals surface area (Å²) in [5, 5.41) is 6.77. The van der Waals surface area contributed by atoms with Gasteiger partial charge in [-0.3, -0.25) is 10.00 Å². The standard InChI is InChI=1S/C11H20N4O3/c1-14-10(4-5-12-14)13-11(16)15(6-8-17-2)7-9-18-3/h4-5H,6-9H2,1-3H3,(H,13,16). The third-order valence-electron chi connectivity index (χ3n) is 2.47. The topological polar surface area (TPSA) is 68.6 Å². The summed E-state index contributed by atoms with van der Waals surface area (Å²) in [6.45, 7) is 2.01. The van der Waals surface area contributed by atoms with Gasteiger partial charge in [-0.05, 0) is 0 Å². The smallest absolute Gasteiger partial charge is 0.323 e. The Morgan fingerprint density at radius 2 is 2.00 bits per heavy atom. The fourth-order valence-electron chi connectivity index (χ4n) is 1.40. The maximum absolute atomic E-state index is 12.0. The molecule has 1 aromatic rings. The summed E-state index contributed by atoms with van der Waals surface area (Å²) in [5.41, 5.74) is 0. The molecule has 0 aliphatic carbocycles. The Morgan fingerprint density at radius 1 is 1.39 bits per heavy atom. The van der Waals surface area contributed by atoms with Crippen LogP contribution in [-0.4, -0.2) is 61.2 Å². The molecule has 1 N–H and O–H groups in total. The van der Waals surface area contributed by atoms with Crippen molar-refractivity contribution in [1.82, 2.24) is 14.7 Å². The summed E-state index contributed by atoms with van der Waals surface area (Å²) in [6.07, 6.45) is 1.63. The fourth-order valence-corrected chi connectivity index (χ4v) is 1.40. The molecule has 0 aromatic carbocycles. The first-order valence-electron chi connectivity index (χ1n) is 5.71. The van der Waals surface area contributed by atoms with Gasteiger partial charge >= 0.3 is 6.03 Å². The first kappa shape index (κ1) is 14.5. The van der Waals surface area contributed by atoms with E-state index in [1.165, 1.54) is 0 Å².